The van der Waals surface area contributed by atoms with Gasteiger partial charge in [0, 0.05) is 10.6 Å². The molecule has 3 rings (SSSR count). The van der Waals surface area contributed by atoms with Crippen LogP contribution in [0.15, 0.2) is 59.0 Å². The van der Waals surface area contributed by atoms with E-state index in [1.54, 1.807) is 31.2 Å². The fourth-order valence-electron chi connectivity index (χ4n) is 2.24. The van der Waals surface area contributed by atoms with E-state index < -0.39 is 0 Å². The molecule has 3 nitrogen and oxygen atoms in total. The van der Waals surface area contributed by atoms with Gasteiger partial charge in [0.1, 0.15) is 11.5 Å². The normalized spacial score (nSPS) is 10.6. The van der Waals surface area contributed by atoms with Gasteiger partial charge in [-0.05, 0) is 31.2 Å². The third-order valence-electron chi connectivity index (χ3n) is 3.40. The van der Waals surface area contributed by atoms with Crippen molar-refractivity contribution < 1.29 is 9.21 Å². The third-order valence-corrected chi connectivity index (χ3v) is 3.96. The van der Waals surface area contributed by atoms with Gasteiger partial charge in [-0.1, -0.05) is 53.5 Å². The van der Waals surface area contributed by atoms with Crippen LogP contribution in [0.5, 0.6) is 0 Å². The molecule has 3 aromatic rings. The Balaban J connectivity index is 1.88. The SMILES string of the molecule is Cc1oc(-c2ccccc2)cc1C(=O)Nc1cc(Cl)ccc1Cl. The summed E-state index contributed by atoms with van der Waals surface area (Å²) in [4.78, 5) is 12.5. The summed E-state index contributed by atoms with van der Waals surface area (Å²) >= 11 is 12.0. The molecule has 0 unspecified atom stereocenters. The zero-order chi connectivity index (χ0) is 16.4. The Bertz CT molecular complexity index is 857. The van der Waals surface area contributed by atoms with E-state index in [1.165, 1.54) is 0 Å². The van der Waals surface area contributed by atoms with E-state index in [-0.39, 0.29) is 5.91 Å². The second-order valence-electron chi connectivity index (χ2n) is 5.02. The summed E-state index contributed by atoms with van der Waals surface area (Å²) in [5.41, 5.74) is 1.83. The number of aryl methyl sites for hydroxylation is 1. The second-order valence-corrected chi connectivity index (χ2v) is 5.87. The van der Waals surface area contributed by atoms with Crippen molar-refractivity contribution in [1.29, 1.82) is 0 Å². The predicted molar refractivity (Wildman–Crippen MR) is 93.3 cm³/mol. The molecule has 0 saturated carbocycles. The smallest absolute Gasteiger partial charge is 0.259 e. The number of rotatable bonds is 3. The van der Waals surface area contributed by atoms with Crippen LogP contribution in [0, 0.1) is 6.92 Å². The van der Waals surface area contributed by atoms with Gasteiger partial charge in [-0.15, -0.1) is 0 Å². The molecule has 5 heteroatoms. The van der Waals surface area contributed by atoms with Gasteiger partial charge in [-0.25, -0.2) is 0 Å². The molecule has 0 aliphatic carbocycles. The monoisotopic (exact) mass is 345 g/mol. The molecule has 1 aromatic heterocycles. The van der Waals surface area contributed by atoms with Gasteiger partial charge in [0.15, 0.2) is 0 Å². The number of amides is 1. The van der Waals surface area contributed by atoms with Gasteiger partial charge in [-0.2, -0.15) is 0 Å². The number of carbonyl (C=O) groups excluding carboxylic acids is 1. The lowest BCUT2D eigenvalue weighted by Gasteiger charge is -2.06. The Kier molecular flexibility index (Phi) is 4.42. The molecule has 0 bridgehead atoms. The first-order valence-electron chi connectivity index (χ1n) is 6.97. The Hall–Kier alpha value is -2.23. The van der Waals surface area contributed by atoms with Crippen LogP contribution in [0.4, 0.5) is 5.69 Å². The quantitative estimate of drug-likeness (QED) is 0.650. The number of hydrogen-bond acceptors (Lipinski definition) is 2. The van der Waals surface area contributed by atoms with E-state index in [9.17, 15) is 4.79 Å². The summed E-state index contributed by atoms with van der Waals surface area (Å²) in [6.07, 6.45) is 0. The highest BCUT2D eigenvalue weighted by molar-refractivity contribution is 6.35. The first-order chi connectivity index (χ1) is 11.0. The maximum absolute atomic E-state index is 12.5. The van der Waals surface area contributed by atoms with E-state index in [2.05, 4.69) is 5.32 Å². The molecule has 23 heavy (non-hydrogen) atoms. The Labute approximate surface area is 143 Å². The van der Waals surface area contributed by atoms with Crippen molar-refractivity contribution in [2.75, 3.05) is 5.32 Å². The highest BCUT2D eigenvalue weighted by Crippen LogP contribution is 2.28. The predicted octanol–water partition coefficient (Wildman–Crippen LogP) is 5.81. The molecular weight excluding hydrogens is 333 g/mol. The standard InChI is InChI=1S/C18H13Cl2NO2/c1-11-14(10-17(23-11)12-5-3-2-4-6-12)18(22)21-16-9-13(19)7-8-15(16)20/h2-10H,1H3,(H,21,22). The maximum Gasteiger partial charge on any atom is 0.259 e. The summed E-state index contributed by atoms with van der Waals surface area (Å²) in [6.45, 7) is 1.75. The van der Waals surface area contributed by atoms with Gasteiger partial charge in [-0.3, -0.25) is 4.79 Å². The number of nitrogens with one attached hydrogen (secondary N) is 1. The van der Waals surface area contributed by atoms with Crippen molar-refractivity contribution in [2.45, 2.75) is 6.92 Å². The van der Waals surface area contributed by atoms with E-state index >= 15 is 0 Å². The average molecular weight is 346 g/mol. The van der Waals surface area contributed by atoms with Crippen molar-refractivity contribution in [2.24, 2.45) is 0 Å². The zero-order valence-corrected chi connectivity index (χ0v) is 13.8. The van der Waals surface area contributed by atoms with Crippen LogP contribution in [-0.4, -0.2) is 5.91 Å². The highest BCUT2D eigenvalue weighted by Gasteiger charge is 2.17. The van der Waals surface area contributed by atoms with E-state index in [0.29, 0.717) is 32.8 Å². The molecule has 0 spiro atoms. The largest absolute Gasteiger partial charge is 0.461 e. The van der Waals surface area contributed by atoms with E-state index in [1.807, 2.05) is 30.3 Å². The lowest BCUT2D eigenvalue weighted by Crippen LogP contribution is -2.12. The van der Waals surface area contributed by atoms with Gasteiger partial charge >= 0.3 is 0 Å². The van der Waals surface area contributed by atoms with Gasteiger partial charge in [0.25, 0.3) is 5.91 Å². The minimum atomic E-state index is -0.294. The minimum absolute atomic E-state index is 0.294. The van der Waals surface area contributed by atoms with Gasteiger partial charge in [0.2, 0.25) is 0 Å². The number of furan rings is 1. The van der Waals surface area contributed by atoms with E-state index in [0.717, 1.165) is 5.56 Å². The topological polar surface area (TPSA) is 42.2 Å². The first kappa shape index (κ1) is 15.7. The summed E-state index contributed by atoms with van der Waals surface area (Å²) < 4.78 is 5.69. The van der Waals surface area contributed by atoms with Crippen LogP contribution in [0.2, 0.25) is 10.0 Å². The van der Waals surface area contributed by atoms with Crippen molar-refractivity contribution in [3.63, 3.8) is 0 Å². The summed E-state index contributed by atoms with van der Waals surface area (Å²) in [5.74, 6) is 0.891. The van der Waals surface area contributed by atoms with Crippen LogP contribution in [0.1, 0.15) is 16.1 Å². The number of benzene rings is 2. The maximum atomic E-state index is 12.5. The lowest BCUT2D eigenvalue weighted by atomic mass is 10.1. The molecule has 116 valence electrons. The molecule has 0 atom stereocenters. The van der Waals surface area contributed by atoms with Gasteiger partial charge < -0.3 is 9.73 Å². The molecule has 0 radical (unpaired) electrons. The summed E-state index contributed by atoms with van der Waals surface area (Å²) in [7, 11) is 0. The summed E-state index contributed by atoms with van der Waals surface area (Å²) in [5, 5.41) is 3.68. The second kappa shape index (κ2) is 6.49. The molecule has 2 aromatic carbocycles. The van der Waals surface area contributed by atoms with Gasteiger partial charge in [0.05, 0.1) is 16.3 Å². The average Bonchev–Trinajstić information content (AvgIpc) is 2.94. The fourth-order valence-corrected chi connectivity index (χ4v) is 2.57. The Morgan fingerprint density at radius 2 is 1.78 bits per heavy atom. The van der Waals surface area contributed by atoms with Crippen LogP contribution in [0.3, 0.4) is 0 Å². The van der Waals surface area contributed by atoms with Crippen LogP contribution < -0.4 is 5.32 Å². The van der Waals surface area contributed by atoms with Crippen LogP contribution in [0.25, 0.3) is 11.3 Å². The van der Waals surface area contributed by atoms with Crippen molar-refractivity contribution in [3.05, 3.63) is 76.0 Å². The Morgan fingerprint density at radius 3 is 2.52 bits per heavy atom. The number of carbonyl (C=O) groups is 1. The molecule has 0 fully saturated rings. The van der Waals surface area contributed by atoms with Crippen LogP contribution >= 0.6 is 23.2 Å². The molecular formula is C18H13Cl2NO2. The molecule has 1 heterocycles. The zero-order valence-electron chi connectivity index (χ0n) is 12.3. The minimum Gasteiger partial charge on any atom is -0.461 e. The first-order valence-corrected chi connectivity index (χ1v) is 7.72. The third kappa shape index (κ3) is 3.41. The van der Waals surface area contributed by atoms with Crippen molar-refractivity contribution >= 4 is 34.8 Å². The molecule has 0 saturated heterocycles. The molecule has 0 aliphatic rings. The summed E-state index contributed by atoms with van der Waals surface area (Å²) in [6, 6.07) is 16.2. The molecule has 1 amide bonds. The van der Waals surface area contributed by atoms with Crippen molar-refractivity contribution in [3.8, 4) is 11.3 Å². The lowest BCUT2D eigenvalue weighted by molar-refractivity contribution is 0.102. The van der Waals surface area contributed by atoms with E-state index in [4.69, 9.17) is 27.6 Å². The van der Waals surface area contributed by atoms with Crippen LogP contribution in [-0.2, 0) is 0 Å². The molecule has 0 aliphatic heterocycles. The fraction of sp³-hybridized carbons (Fsp3) is 0.0556. The number of halogens is 2. The van der Waals surface area contributed by atoms with Crippen molar-refractivity contribution in [1.82, 2.24) is 0 Å². The highest BCUT2D eigenvalue weighted by atomic mass is 35.5. The number of anilines is 1. The number of hydrogen-bond donors (Lipinski definition) is 1. The molecule has 1 N–H and O–H groups in total. The Morgan fingerprint density at radius 1 is 1.04 bits per heavy atom.